The molecular formula is C24H26BrN5O. The molecule has 160 valence electrons. The van der Waals surface area contributed by atoms with Gasteiger partial charge in [0.2, 0.25) is 0 Å². The summed E-state index contributed by atoms with van der Waals surface area (Å²) < 4.78 is 2.70. The molecular weight excluding hydrogens is 454 g/mol. The van der Waals surface area contributed by atoms with Gasteiger partial charge < -0.3 is 5.73 Å². The Morgan fingerprint density at radius 3 is 2.58 bits per heavy atom. The molecule has 1 aromatic heterocycles. The normalized spacial score (nSPS) is 20.7. The average Bonchev–Trinajstić information content (AvgIpc) is 2.91. The molecule has 2 aromatic rings. The largest absolute Gasteiger partial charge is 0.384 e. The summed E-state index contributed by atoms with van der Waals surface area (Å²) in [6.07, 6.45) is 1.13. The summed E-state index contributed by atoms with van der Waals surface area (Å²) in [5.41, 5.74) is 11.9. The lowest BCUT2D eigenvalue weighted by Crippen LogP contribution is -2.42. The van der Waals surface area contributed by atoms with Crippen LogP contribution in [-0.2, 0) is 11.8 Å². The van der Waals surface area contributed by atoms with E-state index in [1.165, 1.54) is 0 Å². The van der Waals surface area contributed by atoms with Gasteiger partial charge in [-0.05, 0) is 43.9 Å². The summed E-state index contributed by atoms with van der Waals surface area (Å²) in [5.74, 6) is -0.0580. The van der Waals surface area contributed by atoms with Gasteiger partial charge in [0.05, 0.1) is 23.3 Å². The van der Waals surface area contributed by atoms with Crippen molar-refractivity contribution in [2.24, 2.45) is 18.2 Å². The third-order valence-electron chi connectivity index (χ3n) is 6.30. The van der Waals surface area contributed by atoms with Crippen molar-refractivity contribution in [2.45, 2.75) is 46.5 Å². The maximum Gasteiger partial charge on any atom is 0.162 e. The summed E-state index contributed by atoms with van der Waals surface area (Å²) in [4.78, 5) is 15.5. The van der Waals surface area contributed by atoms with Crippen molar-refractivity contribution in [3.8, 4) is 6.07 Å². The van der Waals surface area contributed by atoms with Gasteiger partial charge in [0.15, 0.2) is 5.78 Å². The van der Waals surface area contributed by atoms with Crippen molar-refractivity contribution in [3.05, 3.63) is 68.4 Å². The second-order valence-electron chi connectivity index (χ2n) is 9.17. The smallest absolute Gasteiger partial charge is 0.162 e. The van der Waals surface area contributed by atoms with Crippen LogP contribution in [0.5, 0.6) is 0 Å². The predicted octanol–water partition coefficient (Wildman–Crippen LogP) is 4.74. The summed E-state index contributed by atoms with van der Waals surface area (Å²) in [7, 11) is 1.88. The Kier molecular flexibility index (Phi) is 5.09. The number of aromatic nitrogens is 2. The van der Waals surface area contributed by atoms with Crippen molar-refractivity contribution in [2.75, 3.05) is 4.90 Å². The van der Waals surface area contributed by atoms with Gasteiger partial charge in [-0.3, -0.25) is 14.4 Å². The third kappa shape index (κ3) is 3.39. The number of ketones is 1. The predicted molar refractivity (Wildman–Crippen MR) is 124 cm³/mol. The molecule has 1 aromatic carbocycles. The van der Waals surface area contributed by atoms with Gasteiger partial charge in [-0.15, -0.1) is 0 Å². The molecule has 2 aliphatic rings. The zero-order chi connectivity index (χ0) is 22.7. The monoisotopic (exact) mass is 479 g/mol. The minimum Gasteiger partial charge on any atom is -0.384 e. The van der Waals surface area contributed by atoms with Gasteiger partial charge in [0.1, 0.15) is 5.82 Å². The molecule has 0 unspecified atom stereocenters. The van der Waals surface area contributed by atoms with E-state index in [4.69, 9.17) is 5.73 Å². The molecule has 0 saturated carbocycles. The standard InChI is InChI=1S/C24H26BrN5O/c1-13-20(14(2)29(5)28-13)21-17(12-26)23(27)30(16-8-6-7-15(25)9-16)18-10-24(3,4)11-19(31)22(18)21/h6-9,21H,10-11,27H2,1-5H3/t21-/m0/s1. The van der Waals surface area contributed by atoms with Crippen LogP contribution in [0, 0.1) is 30.6 Å². The van der Waals surface area contributed by atoms with E-state index in [-0.39, 0.29) is 11.2 Å². The minimum atomic E-state index is -0.499. The number of carbonyl (C=O) groups excluding carboxylic acids is 1. The van der Waals surface area contributed by atoms with Crippen LogP contribution in [0.4, 0.5) is 5.69 Å². The number of halogens is 1. The zero-order valence-corrected chi connectivity index (χ0v) is 20.0. The molecule has 4 rings (SSSR count). The van der Waals surface area contributed by atoms with E-state index in [0.29, 0.717) is 29.8 Å². The Hall–Kier alpha value is -2.85. The molecule has 1 atom stereocenters. The van der Waals surface area contributed by atoms with E-state index >= 15 is 0 Å². The number of benzene rings is 1. The van der Waals surface area contributed by atoms with E-state index in [2.05, 4.69) is 40.9 Å². The summed E-state index contributed by atoms with van der Waals surface area (Å²) in [6, 6.07) is 10.1. The van der Waals surface area contributed by atoms with Gasteiger partial charge in [-0.1, -0.05) is 35.8 Å². The highest BCUT2D eigenvalue weighted by Crippen LogP contribution is 2.51. The van der Waals surface area contributed by atoms with Gasteiger partial charge in [-0.25, -0.2) is 0 Å². The second kappa shape index (κ2) is 7.38. The van der Waals surface area contributed by atoms with E-state index in [1.807, 2.05) is 50.1 Å². The van der Waals surface area contributed by atoms with Crippen LogP contribution in [0.2, 0.25) is 0 Å². The highest BCUT2D eigenvalue weighted by atomic mass is 79.9. The summed E-state index contributed by atoms with van der Waals surface area (Å²) in [6.45, 7) is 8.09. The van der Waals surface area contributed by atoms with Gasteiger partial charge >= 0.3 is 0 Å². The highest BCUT2D eigenvalue weighted by Gasteiger charge is 2.45. The van der Waals surface area contributed by atoms with E-state index in [1.54, 1.807) is 4.68 Å². The van der Waals surface area contributed by atoms with Crippen LogP contribution in [0.3, 0.4) is 0 Å². The number of nitrogens with zero attached hydrogens (tertiary/aromatic N) is 4. The number of hydrogen-bond donors (Lipinski definition) is 1. The SMILES string of the molecule is Cc1nn(C)c(C)c1[C@@H]1C(C#N)=C(N)N(c2cccc(Br)c2)C2=C1C(=O)CC(C)(C)C2. The lowest BCUT2D eigenvalue weighted by Gasteiger charge is -2.43. The Morgan fingerprint density at radius 2 is 2.00 bits per heavy atom. The highest BCUT2D eigenvalue weighted by molar-refractivity contribution is 9.10. The van der Waals surface area contributed by atoms with Crippen LogP contribution >= 0.6 is 15.9 Å². The first-order valence-electron chi connectivity index (χ1n) is 10.3. The van der Waals surface area contributed by atoms with Crippen LogP contribution in [0.1, 0.15) is 49.6 Å². The minimum absolute atomic E-state index is 0.0687. The topological polar surface area (TPSA) is 87.9 Å². The Labute approximate surface area is 191 Å². The molecule has 0 radical (unpaired) electrons. The average molecular weight is 480 g/mol. The second-order valence-corrected chi connectivity index (χ2v) is 10.1. The summed E-state index contributed by atoms with van der Waals surface area (Å²) >= 11 is 3.53. The molecule has 7 heteroatoms. The number of hydrogen-bond acceptors (Lipinski definition) is 5. The Bertz CT molecular complexity index is 1210. The van der Waals surface area contributed by atoms with E-state index < -0.39 is 5.92 Å². The van der Waals surface area contributed by atoms with E-state index in [9.17, 15) is 10.1 Å². The quantitative estimate of drug-likeness (QED) is 0.671. The fourth-order valence-corrected chi connectivity index (χ4v) is 5.30. The molecule has 0 amide bonds. The first-order chi connectivity index (χ1) is 14.6. The van der Waals surface area contributed by atoms with Gasteiger partial charge in [0, 0.05) is 46.2 Å². The maximum atomic E-state index is 13.6. The molecule has 1 aliphatic carbocycles. The van der Waals surface area contributed by atoms with Crippen molar-refractivity contribution < 1.29 is 4.79 Å². The number of anilines is 1. The maximum absolute atomic E-state index is 13.6. The summed E-state index contributed by atoms with van der Waals surface area (Å²) in [5, 5.41) is 14.7. The molecule has 0 saturated heterocycles. The van der Waals surface area contributed by atoms with Crippen LogP contribution in [0.25, 0.3) is 0 Å². The fraction of sp³-hybridized carbons (Fsp3) is 0.375. The number of allylic oxidation sites excluding steroid dienone is 3. The Balaban J connectivity index is 2.06. The lowest BCUT2D eigenvalue weighted by atomic mass is 9.68. The third-order valence-corrected chi connectivity index (χ3v) is 6.79. The molecule has 0 bridgehead atoms. The molecule has 31 heavy (non-hydrogen) atoms. The number of aryl methyl sites for hydroxylation is 2. The van der Waals surface area contributed by atoms with Crippen molar-refractivity contribution >= 4 is 27.4 Å². The number of nitriles is 1. The zero-order valence-electron chi connectivity index (χ0n) is 18.5. The van der Waals surface area contributed by atoms with Crippen molar-refractivity contribution in [3.63, 3.8) is 0 Å². The first kappa shape index (κ1) is 21.4. The lowest BCUT2D eigenvalue weighted by molar-refractivity contribution is -0.118. The number of nitrogens with two attached hydrogens (primary N) is 1. The number of Topliss-reactive ketones (excluding diaryl/α,β-unsaturated/α-hetero) is 1. The first-order valence-corrected chi connectivity index (χ1v) is 11.1. The van der Waals surface area contributed by atoms with Crippen LogP contribution in [0.15, 0.2) is 51.4 Å². The van der Waals surface area contributed by atoms with Crippen LogP contribution < -0.4 is 10.6 Å². The number of rotatable bonds is 2. The van der Waals surface area contributed by atoms with Gasteiger partial charge in [0.25, 0.3) is 0 Å². The molecule has 2 heterocycles. The fourth-order valence-electron chi connectivity index (χ4n) is 4.92. The number of carbonyl (C=O) groups is 1. The Morgan fingerprint density at radius 1 is 1.29 bits per heavy atom. The molecule has 2 N–H and O–H groups in total. The van der Waals surface area contributed by atoms with Crippen molar-refractivity contribution in [1.29, 1.82) is 5.26 Å². The van der Waals surface area contributed by atoms with E-state index in [0.717, 1.165) is 32.8 Å². The molecule has 6 nitrogen and oxygen atoms in total. The van der Waals surface area contributed by atoms with Crippen molar-refractivity contribution in [1.82, 2.24) is 9.78 Å². The van der Waals surface area contributed by atoms with Gasteiger partial charge in [-0.2, -0.15) is 10.4 Å². The van der Waals surface area contributed by atoms with Crippen LogP contribution in [-0.4, -0.2) is 15.6 Å². The molecule has 0 spiro atoms. The molecule has 0 fully saturated rings. The molecule has 1 aliphatic heterocycles.